The highest BCUT2D eigenvalue weighted by Gasteiger charge is 2.03. The lowest BCUT2D eigenvalue weighted by molar-refractivity contribution is 0.0980. The summed E-state index contributed by atoms with van der Waals surface area (Å²) in [5.74, 6) is -0.433. The third kappa shape index (κ3) is 3.31. The van der Waals surface area contributed by atoms with E-state index in [0.717, 1.165) is 4.47 Å². The minimum atomic E-state index is -1.75. The zero-order valence-corrected chi connectivity index (χ0v) is 9.10. The van der Waals surface area contributed by atoms with E-state index in [1.807, 2.05) is 6.92 Å². The topological polar surface area (TPSA) is 17.1 Å². The molecule has 0 aliphatic heterocycles. The third-order valence-corrected chi connectivity index (χ3v) is 2.17. The van der Waals surface area contributed by atoms with E-state index in [1.54, 1.807) is 24.3 Å². The van der Waals surface area contributed by atoms with E-state index in [2.05, 4.69) is 15.9 Å². The van der Waals surface area contributed by atoms with Gasteiger partial charge in [0.05, 0.1) is 0 Å². The standard InChI is InChI=1S/C11H13BrO/c1-2-3-4-11(13)9-5-7-10(12)8-6-9/h5-8H,2-4H2,1H3/i4D2. The maximum Gasteiger partial charge on any atom is 0.162 e. The second-order valence-corrected chi connectivity index (χ2v) is 3.68. The molecule has 1 aromatic rings. The molecule has 0 unspecified atom stereocenters. The SMILES string of the molecule is [2H]C([2H])(CCC)C(=O)c1ccc(Br)cc1. The Hall–Kier alpha value is -0.630. The van der Waals surface area contributed by atoms with E-state index in [-0.39, 0.29) is 6.42 Å². The Bertz CT molecular complexity index is 346. The number of hydrogen-bond donors (Lipinski definition) is 0. The lowest BCUT2D eigenvalue weighted by atomic mass is 10.1. The van der Waals surface area contributed by atoms with E-state index in [1.165, 1.54) is 0 Å². The van der Waals surface area contributed by atoms with Crippen LogP contribution in [0, 0.1) is 0 Å². The Morgan fingerprint density at radius 3 is 2.62 bits per heavy atom. The lowest BCUT2D eigenvalue weighted by Gasteiger charge is -1.99. The van der Waals surface area contributed by atoms with Crippen LogP contribution in [0.4, 0.5) is 0 Å². The Morgan fingerprint density at radius 1 is 1.46 bits per heavy atom. The molecule has 0 aromatic heterocycles. The van der Waals surface area contributed by atoms with E-state index in [9.17, 15) is 4.79 Å². The summed E-state index contributed by atoms with van der Waals surface area (Å²) < 4.78 is 16.1. The normalized spacial score (nSPS) is 13.4. The van der Waals surface area contributed by atoms with Crippen molar-refractivity contribution in [1.29, 1.82) is 0 Å². The highest BCUT2D eigenvalue weighted by Crippen LogP contribution is 2.12. The average Bonchev–Trinajstić information content (AvgIpc) is 2.18. The van der Waals surface area contributed by atoms with Crippen molar-refractivity contribution in [2.24, 2.45) is 0 Å². The van der Waals surface area contributed by atoms with Crippen LogP contribution in [0.3, 0.4) is 0 Å². The summed E-state index contributed by atoms with van der Waals surface area (Å²) in [7, 11) is 0. The lowest BCUT2D eigenvalue weighted by Crippen LogP contribution is -1.97. The van der Waals surface area contributed by atoms with Gasteiger partial charge in [-0.2, -0.15) is 0 Å². The zero-order chi connectivity index (χ0) is 11.5. The first-order chi connectivity index (χ1) is 6.97. The smallest absolute Gasteiger partial charge is 0.162 e. The number of halogens is 1. The molecule has 0 atom stereocenters. The Labute approximate surface area is 90.1 Å². The summed E-state index contributed by atoms with van der Waals surface area (Å²) in [5.41, 5.74) is 0.427. The van der Waals surface area contributed by atoms with Gasteiger partial charge in [0.25, 0.3) is 0 Å². The molecule has 13 heavy (non-hydrogen) atoms. The zero-order valence-electron chi connectivity index (χ0n) is 9.51. The van der Waals surface area contributed by atoms with Crippen molar-refractivity contribution in [3.05, 3.63) is 34.3 Å². The van der Waals surface area contributed by atoms with E-state index in [0.29, 0.717) is 12.0 Å². The molecule has 0 spiro atoms. The van der Waals surface area contributed by atoms with Gasteiger partial charge in [-0.15, -0.1) is 0 Å². The van der Waals surface area contributed by atoms with Crippen LogP contribution in [0.5, 0.6) is 0 Å². The van der Waals surface area contributed by atoms with Crippen molar-refractivity contribution in [2.75, 3.05) is 0 Å². The number of carbonyl (C=O) groups is 1. The fourth-order valence-electron chi connectivity index (χ4n) is 0.942. The molecule has 0 aliphatic rings. The van der Waals surface area contributed by atoms with Gasteiger partial charge in [0.2, 0.25) is 0 Å². The molecule has 1 nitrogen and oxygen atoms in total. The van der Waals surface area contributed by atoms with E-state index in [4.69, 9.17) is 2.74 Å². The molecular weight excluding hydrogens is 228 g/mol. The predicted octanol–water partition coefficient (Wildman–Crippen LogP) is 3.82. The molecule has 2 heteroatoms. The molecule has 0 radical (unpaired) electrons. The molecule has 0 N–H and O–H groups in total. The van der Waals surface area contributed by atoms with Gasteiger partial charge in [-0.25, -0.2) is 0 Å². The van der Waals surface area contributed by atoms with Crippen molar-refractivity contribution >= 4 is 21.7 Å². The molecular formula is C11H13BrO. The van der Waals surface area contributed by atoms with Crippen molar-refractivity contribution in [2.45, 2.75) is 26.1 Å². The molecule has 1 rings (SSSR count). The fraction of sp³-hybridized carbons (Fsp3) is 0.364. The van der Waals surface area contributed by atoms with Crippen molar-refractivity contribution < 1.29 is 7.54 Å². The predicted molar refractivity (Wildman–Crippen MR) is 58.0 cm³/mol. The molecule has 0 saturated heterocycles. The second kappa shape index (κ2) is 5.18. The van der Waals surface area contributed by atoms with Crippen LogP contribution in [0.15, 0.2) is 28.7 Å². The first-order valence-corrected chi connectivity index (χ1v) is 5.07. The van der Waals surface area contributed by atoms with Crippen molar-refractivity contribution in [3.8, 4) is 0 Å². The van der Waals surface area contributed by atoms with Crippen LogP contribution in [0.2, 0.25) is 0 Å². The van der Waals surface area contributed by atoms with Gasteiger partial charge in [-0.1, -0.05) is 41.4 Å². The van der Waals surface area contributed by atoms with Crippen molar-refractivity contribution in [1.82, 2.24) is 0 Å². The fourth-order valence-corrected chi connectivity index (χ4v) is 1.21. The minimum absolute atomic E-state index is 0.266. The summed E-state index contributed by atoms with van der Waals surface area (Å²) in [5, 5.41) is 0. The quantitative estimate of drug-likeness (QED) is 0.734. The number of Topliss-reactive ketones (excluding diaryl/α,β-unsaturated/α-hetero) is 1. The highest BCUT2D eigenvalue weighted by molar-refractivity contribution is 9.10. The molecule has 70 valence electrons. The van der Waals surface area contributed by atoms with Gasteiger partial charge in [0, 0.05) is 19.2 Å². The number of benzene rings is 1. The maximum atomic E-state index is 11.8. The maximum absolute atomic E-state index is 11.8. The Kier molecular flexibility index (Phi) is 3.08. The Morgan fingerprint density at radius 2 is 2.08 bits per heavy atom. The number of ketones is 1. The third-order valence-electron chi connectivity index (χ3n) is 1.64. The summed E-state index contributed by atoms with van der Waals surface area (Å²) in [6, 6.07) is 6.77. The summed E-state index contributed by atoms with van der Waals surface area (Å²) in [6.07, 6.45) is -0.820. The largest absolute Gasteiger partial charge is 0.294 e. The van der Waals surface area contributed by atoms with Crippen LogP contribution in [-0.4, -0.2) is 5.78 Å². The number of hydrogen-bond acceptors (Lipinski definition) is 1. The molecule has 0 bridgehead atoms. The molecule has 0 heterocycles. The van der Waals surface area contributed by atoms with E-state index >= 15 is 0 Å². The minimum Gasteiger partial charge on any atom is -0.294 e. The first kappa shape index (κ1) is 7.74. The first-order valence-electron chi connectivity index (χ1n) is 5.28. The monoisotopic (exact) mass is 242 g/mol. The van der Waals surface area contributed by atoms with Crippen LogP contribution < -0.4 is 0 Å². The van der Waals surface area contributed by atoms with E-state index < -0.39 is 12.2 Å². The van der Waals surface area contributed by atoms with Gasteiger partial charge in [-0.05, 0) is 18.6 Å². The molecule has 1 aromatic carbocycles. The number of carbonyl (C=O) groups excluding carboxylic acids is 1. The molecule has 0 aliphatic carbocycles. The van der Waals surface area contributed by atoms with Crippen LogP contribution in [0.1, 0.15) is 39.2 Å². The molecule has 0 fully saturated rings. The summed E-state index contributed by atoms with van der Waals surface area (Å²) >= 11 is 3.27. The van der Waals surface area contributed by atoms with Crippen molar-refractivity contribution in [3.63, 3.8) is 0 Å². The van der Waals surface area contributed by atoms with Crippen LogP contribution in [-0.2, 0) is 0 Å². The van der Waals surface area contributed by atoms with Gasteiger partial charge < -0.3 is 0 Å². The van der Waals surface area contributed by atoms with Gasteiger partial charge in [0.1, 0.15) is 0 Å². The second-order valence-electron chi connectivity index (χ2n) is 2.76. The van der Waals surface area contributed by atoms with Crippen LogP contribution >= 0.6 is 15.9 Å². The van der Waals surface area contributed by atoms with Gasteiger partial charge >= 0.3 is 0 Å². The summed E-state index contributed by atoms with van der Waals surface area (Å²) in [6.45, 7) is 1.87. The highest BCUT2D eigenvalue weighted by atomic mass is 79.9. The molecule has 0 saturated carbocycles. The van der Waals surface area contributed by atoms with Crippen LogP contribution in [0.25, 0.3) is 0 Å². The number of rotatable bonds is 4. The average molecular weight is 243 g/mol. The van der Waals surface area contributed by atoms with Gasteiger partial charge in [-0.3, -0.25) is 4.79 Å². The molecule has 0 amide bonds. The van der Waals surface area contributed by atoms with Gasteiger partial charge in [0.15, 0.2) is 5.78 Å². The summed E-state index contributed by atoms with van der Waals surface area (Å²) in [4.78, 5) is 11.8. The Balaban J connectivity index is 2.89.